The molecular formula is C14H32N4. The van der Waals surface area contributed by atoms with Gasteiger partial charge in [-0.25, -0.2) is 0 Å². The Morgan fingerprint density at radius 2 is 1.72 bits per heavy atom. The highest BCUT2D eigenvalue weighted by molar-refractivity contribution is 5.82. The van der Waals surface area contributed by atoms with Gasteiger partial charge in [0.1, 0.15) is 0 Å². The first kappa shape index (κ1) is 17.4. The van der Waals surface area contributed by atoms with E-state index >= 15 is 0 Å². The van der Waals surface area contributed by atoms with Crippen molar-refractivity contribution >= 4 is 5.84 Å². The maximum absolute atomic E-state index is 7.56. The fourth-order valence-electron chi connectivity index (χ4n) is 1.87. The van der Waals surface area contributed by atoms with Crippen molar-refractivity contribution in [2.75, 3.05) is 40.3 Å². The van der Waals surface area contributed by atoms with Crippen LogP contribution in [0, 0.1) is 10.8 Å². The van der Waals surface area contributed by atoms with Crippen LogP contribution in [0.15, 0.2) is 0 Å². The van der Waals surface area contributed by atoms with Crippen LogP contribution in [-0.2, 0) is 0 Å². The molecule has 0 amide bonds. The Balaban J connectivity index is 4.00. The van der Waals surface area contributed by atoms with Gasteiger partial charge < -0.3 is 15.5 Å². The minimum atomic E-state index is -0.153. The summed E-state index contributed by atoms with van der Waals surface area (Å²) in [6.45, 7) is 10.8. The Morgan fingerprint density at radius 1 is 1.11 bits per heavy atom. The predicted octanol–water partition coefficient (Wildman–Crippen LogP) is 2.00. The van der Waals surface area contributed by atoms with Crippen molar-refractivity contribution in [1.29, 1.82) is 5.41 Å². The summed E-state index contributed by atoms with van der Waals surface area (Å²) in [5.41, 5.74) is 5.45. The normalized spacial score (nSPS) is 12.4. The molecule has 0 aliphatic rings. The summed E-state index contributed by atoms with van der Waals surface area (Å²) in [5, 5.41) is 7.56. The lowest BCUT2D eigenvalue weighted by molar-refractivity contribution is 0.230. The second kappa shape index (κ2) is 8.48. The van der Waals surface area contributed by atoms with Crippen LogP contribution in [0.5, 0.6) is 0 Å². The zero-order valence-corrected chi connectivity index (χ0v) is 12.9. The van der Waals surface area contributed by atoms with Crippen LogP contribution in [-0.4, -0.2) is 55.9 Å². The first-order valence-corrected chi connectivity index (χ1v) is 7.01. The summed E-state index contributed by atoms with van der Waals surface area (Å²) in [5.74, 6) is 0.304. The summed E-state index contributed by atoms with van der Waals surface area (Å²) in [6, 6.07) is 0. The average molecular weight is 256 g/mol. The van der Waals surface area contributed by atoms with Crippen LogP contribution >= 0.6 is 0 Å². The highest BCUT2D eigenvalue weighted by atomic mass is 15.2. The quantitative estimate of drug-likeness (QED) is 0.464. The number of nitrogens with zero attached hydrogens (tertiary/aromatic N) is 2. The summed E-state index contributed by atoms with van der Waals surface area (Å²) in [4.78, 5) is 4.73. The number of amidine groups is 1. The van der Waals surface area contributed by atoms with E-state index in [9.17, 15) is 0 Å². The largest absolute Gasteiger partial charge is 0.387 e. The summed E-state index contributed by atoms with van der Waals surface area (Å²) in [7, 11) is 4.23. The lowest BCUT2D eigenvalue weighted by atomic mass is 9.86. The third kappa shape index (κ3) is 7.67. The summed E-state index contributed by atoms with van der Waals surface area (Å²) in [6.07, 6.45) is 3.30. The molecule has 0 saturated carbocycles. The number of hydrogen-bond acceptors (Lipinski definition) is 3. The SMILES string of the molecule is CCCN(CCCC(C)(C)C(=N)N)CCN(C)C. The Bertz CT molecular complexity index is 236. The predicted molar refractivity (Wildman–Crippen MR) is 80.2 cm³/mol. The van der Waals surface area contributed by atoms with Crippen molar-refractivity contribution in [2.45, 2.75) is 40.0 Å². The summed E-state index contributed by atoms with van der Waals surface area (Å²) < 4.78 is 0. The Kier molecular flexibility index (Phi) is 8.20. The highest BCUT2D eigenvalue weighted by Crippen LogP contribution is 2.21. The van der Waals surface area contributed by atoms with Gasteiger partial charge in [-0.15, -0.1) is 0 Å². The molecule has 0 aromatic rings. The minimum absolute atomic E-state index is 0.153. The first-order chi connectivity index (χ1) is 8.29. The van der Waals surface area contributed by atoms with E-state index in [0.717, 1.165) is 39.0 Å². The molecule has 0 spiro atoms. The molecule has 3 N–H and O–H groups in total. The molecule has 0 atom stereocenters. The van der Waals surface area contributed by atoms with Gasteiger partial charge >= 0.3 is 0 Å². The maximum atomic E-state index is 7.56. The third-order valence-corrected chi connectivity index (χ3v) is 3.41. The van der Waals surface area contributed by atoms with E-state index in [1.54, 1.807) is 0 Å². The van der Waals surface area contributed by atoms with Gasteiger partial charge in [-0.05, 0) is 46.4 Å². The van der Waals surface area contributed by atoms with Crippen molar-refractivity contribution in [3.8, 4) is 0 Å². The molecule has 0 bridgehead atoms. The molecule has 0 saturated heterocycles. The Labute approximate surface area is 113 Å². The molecule has 0 fully saturated rings. The van der Waals surface area contributed by atoms with E-state index in [2.05, 4.69) is 44.7 Å². The van der Waals surface area contributed by atoms with Crippen LogP contribution in [0.25, 0.3) is 0 Å². The van der Waals surface area contributed by atoms with Gasteiger partial charge in [-0.2, -0.15) is 0 Å². The molecule has 0 unspecified atom stereocenters. The molecule has 4 nitrogen and oxygen atoms in total. The van der Waals surface area contributed by atoms with Crippen molar-refractivity contribution in [2.24, 2.45) is 11.1 Å². The Morgan fingerprint density at radius 3 is 2.17 bits per heavy atom. The zero-order valence-electron chi connectivity index (χ0n) is 12.9. The third-order valence-electron chi connectivity index (χ3n) is 3.41. The molecule has 18 heavy (non-hydrogen) atoms. The van der Waals surface area contributed by atoms with E-state index in [1.807, 2.05) is 0 Å². The van der Waals surface area contributed by atoms with Crippen LogP contribution in [0.1, 0.15) is 40.0 Å². The van der Waals surface area contributed by atoms with Gasteiger partial charge in [0.15, 0.2) is 0 Å². The smallest absolute Gasteiger partial charge is 0.0963 e. The van der Waals surface area contributed by atoms with Gasteiger partial charge in [0.25, 0.3) is 0 Å². The van der Waals surface area contributed by atoms with Gasteiger partial charge in [0, 0.05) is 18.5 Å². The number of rotatable bonds is 10. The molecule has 0 aromatic carbocycles. The molecule has 4 heteroatoms. The molecule has 108 valence electrons. The lowest BCUT2D eigenvalue weighted by Gasteiger charge is -2.27. The number of likely N-dealkylation sites (N-methyl/N-ethyl adjacent to an activating group) is 1. The fraction of sp³-hybridized carbons (Fsp3) is 0.929. The van der Waals surface area contributed by atoms with E-state index in [4.69, 9.17) is 11.1 Å². The topological polar surface area (TPSA) is 56.4 Å². The molecule has 0 aliphatic carbocycles. The van der Waals surface area contributed by atoms with Crippen molar-refractivity contribution in [3.05, 3.63) is 0 Å². The first-order valence-electron chi connectivity index (χ1n) is 7.01. The Hall–Kier alpha value is -0.610. The van der Waals surface area contributed by atoms with Crippen LogP contribution in [0.4, 0.5) is 0 Å². The number of nitrogens with one attached hydrogen (secondary N) is 1. The van der Waals surface area contributed by atoms with Gasteiger partial charge in [0.05, 0.1) is 5.84 Å². The van der Waals surface area contributed by atoms with E-state index < -0.39 is 0 Å². The van der Waals surface area contributed by atoms with E-state index in [1.165, 1.54) is 6.42 Å². The monoisotopic (exact) mass is 256 g/mol. The minimum Gasteiger partial charge on any atom is -0.387 e. The van der Waals surface area contributed by atoms with E-state index in [-0.39, 0.29) is 5.41 Å². The molecule has 0 aliphatic heterocycles. The lowest BCUT2D eigenvalue weighted by Crippen LogP contribution is -2.35. The second-order valence-corrected chi connectivity index (χ2v) is 6.05. The average Bonchev–Trinajstić information content (AvgIpc) is 2.25. The second-order valence-electron chi connectivity index (χ2n) is 6.05. The van der Waals surface area contributed by atoms with Gasteiger partial charge in [-0.1, -0.05) is 20.8 Å². The van der Waals surface area contributed by atoms with Crippen molar-refractivity contribution in [3.63, 3.8) is 0 Å². The van der Waals surface area contributed by atoms with Crippen LogP contribution in [0.3, 0.4) is 0 Å². The summed E-state index contributed by atoms with van der Waals surface area (Å²) >= 11 is 0. The molecule has 0 heterocycles. The fourth-order valence-corrected chi connectivity index (χ4v) is 1.87. The van der Waals surface area contributed by atoms with Crippen molar-refractivity contribution < 1.29 is 0 Å². The van der Waals surface area contributed by atoms with E-state index in [0.29, 0.717) is 5.84 Å². The molecule has 0 aromatic heterocycles. The zero-order chi connectivity index (χ0) is 14.2. The van der Waals surface area contributed by atoms with Gasteiger partial charge in [0.2, 0.25) is 0 Å². The molecular weight excluding hydrogens is 224 g/mol. The van der Waals surface area contributed by atoms with Crippen molar-refractivity contribution in [1.82, 2.24) is 9.80 Å². The van der Waals surface area contributed by atoms with Crippen LogP contribution in [0.2, 0.25) is 0 Å². The highest BCUT2D eigenvalue weighted by Gasteiger charge is 2.21. The van der Waals surface area contributed by atoms with Crippen LogP contribution < -0.4 is 5.73 Å². The number of hydrogen-bond donors (Lipinski definition) is 2. The van der Waals surface area contributed by atoms with Gasteiger partial charge in [-0.3, -0.25) is 5.41 Å². The molecule has 0 rings (SSSR count). The maximum Gasteiger partial charge on any atom is 0.0963 e. The standard InChI is InChI=1S/C14H32N4/c1-6-9-18(12-11-17(4)5)10-7-8-14(2,3)13(15)16/h6-12H2,1-5H3,(H3,15,16). The molecule has 0 radical (unpaired) electrons. The number of nitrogens with two attached hydrogens (primary N) is 1.